The highest BCUT2D eigenvalue weighted by atomic mass is 16.5. The summed E-state index contributed by atoms with van der Waals surface area (Å²) in [5.74, 6) is -0.661. The minimum atomic E-state index is -0.808. The van der Waals surface area contributed by atoms with E-state index in [1.807, 2.05) is 16.7 Å². The standard InChI is InChI=1S/C13H22N2O4/c1-10-11(3-8-19-10)13(18)15-5-2-4-14(6-7-15)9-12(16)17/h10-11H,2-9H2,1H3,(H,16,17). The molecular formula is C13H22N2O4. The Balaban J connectivity index is 1.88. The summed E-state index contributed by atoms with van der Waals surface area (Å²) in [5.41, 5.74) is 0. The first-order chi connectivity index (χ1) is 9.08. The molecule has 6 nitrogen and oxygen atoms in total. The van der Waals surface area contributed by atoms with Gasteiger partial charge in [-0.3, -0.25) is 14.5 Å². The van der Waals surface area contributed by atoms with Gasteiger partial charge < -0.3 is 14.7 Å². The molecule has 2 aliphatic rings. The summed E-state index contributed by atoms with van der Waals surface area (Å²) in [4.78, 5) is 26.9. The first-order valence-electron chi connectivity index (χ1n) is 6.92. The molecule has 19 heavy (non-hydrogen) atoms. The van der Waals surface area contributed by atoms with Crippen molar-refractivity contribution in [3.63, 3.8) is 0 Å². The van der Waals surface area contributed by atoms with Crippen LogP contribution in [-0.2, 0) is 14.3 Å². The van der Waals surface area contributed by atoms with Gasteiger partial charge in [-0.1, -0.05) is 0 Å². The molecule has 1 amide bonds. The van der Waals surface area contributed by atoms with E-state index in [0.29, 0.717) is 19.7 Å². The van der Waals surface area contributed by atoms with Crippen LogP contribution in [0.25, 0.3) is 0 Å². The molecule has 2 heterocycles. The molecule has 6 heteroatoms. The quantitative estimate of drug-likeness (QED) is 0.783. The van der Waals surface area contributed by atoms with Crippen LogP contribution < -0.4 is 0 Å². The number of amides is 1. The van der Waals surface area contributed by atoms with Crippen LogP contribution in [0.2, 0.25) is 0 Å². The molecule has 2 atom stereocenters. The van der Waals surface area contributed by atoms with Crippen LogP contribution in [0.1, 0.15) is 19.8 Å². The third kappa shape index (κ3) is 3.67. The molecule has 108 valence electrons. The van der Waals surface area contributed by atoms with E-state index in [4.69, 9.17) is 9.84 Å². The number of nitrogens with zero attached hydrogens (tertiary/aromatic N) is 2. The highest BCUT2D eigenvalue weighted by Gasteiger charge is 2.34. The fraction of sp³-hybridized carbons (Fsp3) is 0.846. The Kier molecular flexibility index (Phi) is 4.76. The molecule has 0 aromatic carbocycles. The van der Waals surface area contributed by atoms with Crippen LogP contribution >= 0.6 is 0 Å². The lowest BCUT2D eigenvalue weighted by Gasteiger charge is -2.25. The summed E-state index contributed by atoms with van der Waals surface area (Å²) in [7, 11) is 0. The number of aliphatic carboxylic acids is 1. The Morgan fingerprint density at radius 1 is 1.26 bits per heavy atom. The summed E-state index contributed by atoms with van der Waals surface area (Å²) < 4.78 is 5.45. The van der Waals surface area contributed by atoms with E-state index in [2.05, 4.69) is 0 Å². The van der Waals surface area contributed by atoms with E-state index in [-0.39, 0.29) is 24.5 Å². The molecule has 0 aromatic heterocycles. The lowest BCUT2D eigenvalue weighted by Crippen LogP contribution is -2.41. The molecule has 2 rings (SSSR count). The average Bonchev–Trinajstić information content (AvgIpc) is 2.64. The predicted octanol–water partition coefficient (Wildman–Crippen LogP) is 0.0303. The molecule has 2 aliphatic heterocycles. The summed E-state index contributed by atoms with van der Waals surface area (Å²) in [6.07, 6.45) is 1.64. The number of carboxylic acids is 1. The summed E-state index contributed by atoms with van der Waals surface area (Å²) >= 11 is 0. The van der Waals surface area contributed by atoms with Crippen molar-refractivity contribution in [1.29, 1.82) is 0 Å². The van der Waals surface area contributed by atoms with Crippen molar-refractivity contribution in [3.8, 4) is 0 Å². The molecule has 0 saturated carbocycles. The van der Waals surface area contributed by atoms with Crippen molar-refractivity contribution < 1.29 is 19.4 Å². The maximum atomic E-state index is 12.4. The molecule has 2 saturated heterocycles. The lowest BCUT2D eigenvalue weighted by molar-refractivity contribution is -0.138. The van der Waals surface area contributed by atoms with Gasteiger partial charge in [-0.15, -0.1) is 0 Å². The van der Waals surface area contributed by atoms with E-state index in [0.717, 1.165) is 25.9 Å². The monoisotopic (exact) mass is 270 g/mol. The Labute approximate surface area is 113 Å². The van der Waals surface area contributed by atoms with E-state index >= 15 is 0 Å². The number of carbonyl (C=O) groups excluding carboxylic acids is 1. The zero-order valence-corrected chi connectivity index (χ0v) is 11.4. The third-order valence-corrected chi connectivity index (χ3v) is 3.95. The molecule has 0 radical (unpaired) electrons. The maximum absolute atomic E-state index is 12.4. The van der Waals surface area contributed by atoms with Crippen LogP contribution in [0.5, 0.6) is 0 Å². The van der Waals surface area contributed by atoms with Crippen molar-refractivity contribution in [2.24, 2.45) is 5.92 Å². The fourth-order valence-electron chi connectivity index (χ4n) is 2.83. The third-order valence-electron chi connectivity index (χ3n) is 3.95. The van der Waals surface area contributed by atoms with Gasteiger partial charge in [-0.2, -0.15) is 0 Å². The highest BCUT2D eigenvalue weighted by molar-refractivity contribution is 5.79. The van der Waals surface area contributed by atoms with E-state index in [9.17, 15) is 9.59 Å². The van der Waals surface area contributed by atoms with E-state index in [1.165, 1.54) is 0 Å². The van der Waals surface area contributed by atoms with Crippen molar-refractivity contribution in [1.82, 2.24) is 9.80 Å². The molecule has 0 aliphatic carbocycles. The van der Waals surface area contributed by atoms with Crippen LogP contribution in [0.15, 0.2) is 0 Å². The molecule has 0 aromatic rings. The average molecular weight is 270 g/mol. The molecule has 2 unspecified atom stereocenters. The number of carbonyl (C=O) groups is 2. The zero-order chi connectivity index (χ0) is 13.8. The fourth-order valence-corrected chi connectivity index (χ4v) is 2.83. The largest absolute Gasteiger partial charge is 0.480 e. The van der Waals surface area contributed by atoms with Crippen molar-refractivity contribution in [2.45, 2.75) is 25.9 Å². The number of hydrogen-bond donors (Lipinski definition) is 1. The Morgan fingerprint density at radius 2 is 2.05 bits per heavy atom. The van der Waals surface area contributed by atoms with Gasteiger partial charge in [0.2, 0.25) is 5.91 Å². The predicted molar refractivity (Wildman–Crippen MR) is 68.8 cm³/mol. The zero-order valence-electron chi connectivity index (χ0n) is 11.4. The Bertz CT molecular complexity index is 348. The van der Waals surface area contributed by atoms with Crippen LogP contribution in [-0.4, -0.2) is 72.2 Å². The number of ether oxygens (including phenoxy) is 1. The van der Waals surface area contributed by atoms with Gasteiger partial charge in [0, 0.05) is 32.8 Å². The highest BCUT2D eigenvalue weighted by Crippen LogP contribution is 2.23. The second kappa shape index (κ2) is 6.34. The van der Waals surface area contributed by atoms with Crippen LogP contribution in [0.4, 0.5) is 0 Å². The van der Waals surface area contributed by atoms with Gasteiger partial charge in [0.05, 0.1) is 18.6 Å². The molecule has 0 bridgehead atoms. The van der Waals surface area contributed by atoms with Crippen molar-refractivity contribution in [3.05, 3.63) is 0 Å². The first-order valence-corrected chi connectivity index (χ1v) is 6.92. The molecule has 1 N–H and O–H groups in total. The normalized spacial score (nSPS) is 29.2. The van der Waals surface area contributed by atoms with Gasteiger partial charge in [0.1, 0.15) is 0 Å². The number of hydrogen-bond acceptors (Lipinski definition) is 4. The molecule has 2 fully saturated rings. The van der Waals surface area contributed by atoms with E-state index < -0.39 is 5.97 Å². The van der Waals surface area contributed by atoms with Gasteiger partial charge in [-0.25, -0.2) is 0 Å². The second-order valence-corrected chi connectivity index (χ2v) is 5.32. The van der Waals surface area contributed by atoms with Crippen molar-refractivity contribution in [2.75, 3.05) is 39.3 Å². The van der Waals surface area contributed by atoms with Crippen molar-refractivity contribution >= 4 is 11.9 Å². The van der Waals surface area contributed by atoms with Gasteiger partial charge in [0.25, 0.3) is 0 Å². The number of rotatable bonds is 3. The minimum Gasteiger partial charge on any atom is -0.480 e. The van der Waals surface area contributed by atoms with E-state index in [1.54, 1.807) is 0 Å². The number of carboxylic acid groups (broad SMARTS) is 1. The van der Waals surface area contributed by atoms with Crippen LogP contribution in [0, 0.1) is 5.92 Å². The SMILES string of the molecule is CC1OCCC1C(=O)N1CCCN(CC(=O)O)CC1. The Hall–Kier alpha value is -1.14. The smallest absolute Gasteiger partial charge is 0.317 e. The topological polar surface area (TPSA) is 70.1 Å². The molecule has 0 spiro atoms. The first kappa shape index (κ1) is 14.3. The summed E-state index contributed by atoms with van der Waals surface area (Å²) in [6, 6.07) is 0. The lowest BCUT2D eigenvalue weighted by atomic mass is 10.0. The minimum absolute atomic E-state index is 0.00544. The maximum Gasteiger partial charge on any atom is 0.317 e. The van der Waals surface area contributed by atoms with Gasteiger partial charge in [-0.05, 0) is 19.8 Å². The second-order valence-electron chi connectivity index (χ2n) is 5.32. The van der Waals surface area contributed by atoms with Gasteiger partial charge in [0.15, 0.2) is 0 Å². The van der Waals surface area contributed by atoms with Gasteiger partial charge >= 0.3 is 5.97 Å². The summed E-state index contributed by atoms with van der Waals surface area (Å²) in [5, 5.41) is 8.80. The summed E-state index contributed by atoms with van der Waals surface area (Å²) in [6.45, 7) is 5.39. The van der Waals surface area contributed by atoms with Crippen LogP contribution in [0.3, 0.4) is 0 Å². The Morgan fingerprint density at radius 3 is 2.68 bits per heavy atom. The molecular weight excluding hydrogens is 248 g/mol.